The molecule has 2 amide bonds. The van der Waals surface area contributed by atoms with Gasteiger partial charge in [0.25, 0.3) is 5.91 Å². The first-order valence-electron chi connectivity index (χ1n) is 14.5. The molecule has 2 aromatic rings. The summed E-state index contributed by atoms with van der Waals surface area (Å²) >= 11 is 6.19. The zero-order valence-electron chi connectivity index (χ0n) is 24.0. The van der Waals surface area contributed by atoms with Crippen molar-refractivity contribution in [1.29, 1.82) is 0 Å². The summed E-state index contributed by atoms with van der Waals surface area (Å²) in [7, 11) is 1.14. The molecule has 3 aliphatic rings. The van der Waals surface area contributed by atoms with E-state index >= 15 is 0 Å². The molecule has 0 radical (unpaired) electrons. The van der Waals surface area contributed by atoms with E-state index in [1.165, 1.54) is 6.07 Å². The number of nitrogens with one attached hydrogen (secondary N) is 1. The van der Waals surface area contributed by atoms with Gasteiger partial charge in [-0.1, -0.05) is 24.6 Å². The van der Waals surface area contributed by atoms with Crippen LogP contribution in [0.15, 0.2) is 36.4 Å². The standard InChI is InChI=1S/C32H36ClF3N2O4/c1-18-14-22(33)9-10-23(18)24-16-38(30(41)20-6-4-19(5-7-20)28(39)31(2)12-13-31)17-26(24)37-29(40)21-8-11-27(42-3)25(15-21)32(34,35)36/h8-11,14-15,19-20,24,26H,4-7,12-13,16-17H2,1-3H3,(H,37,40)/t19?,20?,24-,26+/m1/s1. The van der Waals surface area contributed by atoms with Crippen LogP contribution in [0, 0.1) is 24.2 Å². The fraction of sp³-hybridized carbons (Fsp3) is 0.531. The summed E-state index contributed by atoms with van der Waals surface area (Å²) in [5.41, 5.74) is 0.466. The summed E-state index contributed by atoms with van der Waals surface area (Å²) in [6, 6.07) is 8.14. The number of carbonyl (C=O) groups excluding carboxylic acids is 3. The Morgan fingerprint density at radius 3 is 2.26 bits per heavy atom. The van der Waals surface area contributed by atoms with Crippen LogP contribution in [0.3, 0.4) is 0 Å². The summed E-state index contributed by atoms with van der Waals surface area (Å²) in [5.74, 6) is -1.15. The van der Waals surface area contributed by atoms with Crippen LogP contribution in [-0.2, 0) is 15.8 Å². The van der Waals surface area contributed by atoms with Crippen molar-refractivity contribution in [3.63, 3.8) is 0 Å². The number of rotatable bonds is 7. The van der Waals surface area contributed by atoms with Crippen molar-refractivity contribution in [2.45, 2.75) is 70.5 Å². The highest BCUT2D eigenvalue weighted by Crippen LogP contribution is 2.50. The molecule has 0 unspecified atom stereocenters. The highest BCUT2D eigenvalue weighted by atomic mass is 35.5. The van der Waals surface area contributed by atoms with E-state index in [1.54, 1.807) is 11.0 Å². The maximum absolute atomic E-state index is 13.7. The zero-order chi connectivity index (χ0) is 30.4. The Balaban J connectivity index is 1.33. The van der Waals surface area contributed by atoms with Crippen LogP contribution in [-0.4, -0.2) is 48.7 Å². The van der Waals surface area contributed by atoms with Gasteiger partial charge < -0.3 is 15.0 Å². The van der Waals surface area contributed by atoms with E-state index in [1.807, 2.05) is 26.0 Å². The quantitative estimate of drug-likeness (QED) is 0.388. The first-order valence-corrected chi connectivity index (χ1v) is 14.8. The van der Waals surface area contributed by atoms with Crippen LogP contribution >= 0.6 is 11.6 Å². The van der Waals surface area contributed by atoms with Gasteiger partial charge in [-0.25, -0.2) is 0 Å². The number of carbonyl (C=O) groups is 3. The summed E-state index contributed by atoms with van der Waals surface area (Å²) in [5, 5.41) is 3.48. The van der Waals surface area contributed by atoms with Crippen LogP contribution in [0.1, 0.15) is 78.4 Å². The minimum absolute atomic E-state index is 0.00398. The fourth-order valence-corrected chi connectivity index (χ4v) is 6.84. The lowest BCUT2D eigenvalue weighted by Crippen LogP contribution is -2.42. The van der Waals surface area contributed by atoms with E-state index in [2.05, 4.69) is 5.32 Å². The van der Waals surface area contributed by atoms with E-state index in [9.17, 15) is 27.6 Å². The Kier molecular flexibility index (Phi) is 8.36. The molecule has 2 aliphatic carbocycles. The summed E-state index contributed by atoms with van der Waals surface area (Å²) in [6.45, 7) is 4.53. The van der Waals surface area contributed by atoms with E-state index in [0.29, 0.717) is 43.0 Å². The molecule has 2 saturated carbocycles. The van der Waals surface area contributed by atoms with Gasteiger partial charge >= 0.3 is 6.18 Å². The highest BCUT2D eigenvalue weighted by molar-refractivity contribution is 6.30. The molecule has 2 aromatic carbocycles. The largest absolute Gasteiger partial charge is 0.496 e. The first-order chi connectivity index (χ1) is 19.8. The molecular weight excluding hydrogens is 569 g/mol. The van der Waals surface area contributed by atoms with Crippen molar-refractivity contribution >= 4 is 29.2 Å². The first kappa shape index (κ1) is 30.4. The number of hydrogen-bond donors (Lipinski definition) is 1. The third-order valence-corrected chi connectivity index (χ3v) is 9.62. The second-order valence-corrected chi connectivity index (χ2v) is 12.8. The maximum atomic E-state index is 13.7. The highest BCUT2D eigenvalue weighted by Gasteiger charge is 2.48. The molecule has 1 heterocycles. The molecule has 0 aromatic heterocycles. The maximum Gasteiger partial charge on any atom is 0.419 e. The van der Waals surface area contributed by atoms with E-state index in [0.717, 1.165) is 43.2 Å². The van der Waals surface area contributed by atoms with Crippen molar-refractivity contribution in [3.8, 4) is 5.75 Å². The number of nitrogens with zero attached hydrogens (tertiary/aromatic N) is 1. The van der Waals surface area contributed by atoms with Crippen LogP contribution in [0.5, 0.6) is 5.75 Å². The fourth-order valence-electron chi connectivity index (χ4n) is 6.61. The predicted molar refractivity (Wildman–Crippen MR) is 153 cm³/mol. The summed E-state index contributed by atoms with van der Waals surface area (Å²) in [4.78, 5) is 41.6. The van der Waals surface area contributed by atoms with Crippen LogP contribution in [0.4, 0.5) is 13.2 Å². The topological polar surface area (TPSA) is 75.7 Å². The third kappa shape index (κ3) is 6.17. The molecule has 1 saturated heterocycles. The molecule has 1 aliphatic heterocycles. The Morgan fingerprint density at radius 1 is 1.00 bits per heavy atom. The van der Waals surface area contributed by atoms with Gasteiger partial charge in [-0.05, 0) is 86.9 Å². The van der Waals surface area contributed by atoms with Gasteiger partial charge in [-0.15, -0.1) is 0 Å². The Bertz CT molecular complexity index is 1380. The molecule has 42 heavy (non-hydrogen) atoms. The number of ether oxygens (including phenoxy) is 1. The number of aryl methyl sites for hydroxylation is 1. The second kappa shape index (κ2) is 11.5. The number of likely N-dealkylation sites (tertiary alicyclic amines) is 1. The van der Waals surface area contributed by atoms with Gasteiger partial charge in [0.05, 0.1) is 18.7 Å². The van der Waals surface area contributed by atoms with Crippen LogP contribution in [0.25, 0.3) is 0 Å². The lowest BCUT2D eigenvalue weighted by molar-refractivity contribution is -0.139. The third-order valence-electron chi connectivity index (χ3n) is 9.39. The monoisotopic (exact) mass is 604 g/mol. The second-order valence-electron chi connectivity index (χ2n) is 12.3. The van der Waals surface area contributed by atoms with Crippen LogP contribution < -0.4 is 10.1 Å². The lowest BCUT2D eigenvalue weighted by Gasteiger charge is -2.31. The smallest absolute Gasteiger partial charge is 0.419 e. The molecule has 6 nitrogen and oxygen atoms in total. The number of Topliss-reactive ketones (excluding diaryl/α,β-unsaturated/α-hetero) is 1. The number of alkyl halides is 3. The Morgan fingerprint density at radius 2 is 1.67 bits per heavy atom. The zero-order valence-corrected chi connectivity index (χ0v) is 24.8. The number of methoxy groups -OCH3 is 1. The molecular formula is C32H36ClF3N2O4. The molecule has 2 atom stereocenters. The normalized spacial score (nSPS) is 25.2. The Labute approximate surface area is 248 Å². The molecule has 3 fully saturated rings. The van der Waals surface area contributed by atoms with Crippen molar-refractivity contribution < 1.29 is 32.3 Å². The van der Waals surface area contributed by atoms with Crippen molar-refractivity contribution in [2.75, 3.05) is 20.2 Å². The molecule has 1 N–H and O–H groups in total. The molecule has 5 rings (SSSR count). The van der Waals surface area contributed by atoms with Gasteiger partial charge in [0.15, 0.2) is 0 Å². The van der Waals surface area contributed by atoms with Gasteiger partial charge in [-0.3, -0.25) is 14.4 Å². The number of benzene rings is 2. The van der Waals surface area contributed by atoms with Crippen LogP contribution in [0.2, 0.25) is 5.02 Å². The molecule has 226 valence electrons. The van der Waals surface area contributed by atoms with Gasteiger partial charge in [0.1, 0.15) is 11.5 Å². The van der Waals surface area contributed by atoms with Gasteiger partial charge in [0, 0.05) is 46.8 Å². The van der Waals surface area contributed by atoms with Gasteiger partial charge in [-0.2, -0.15) is 13.2 Å². The molecule has 0 bridgehead atoms. The Hall–Kier alpha value is -3.07. The van der Waals surface area contributed by atoms with E-state index in [4.69, 9.17) is 16.3 Å². The van der Waals surface area contributed by atoms with E-state index < -0.39 is 23.7 Å². The minimum atomic E-state index is -4.69. The molecule has 0 spiro atoms. The average Bonchev–Trinajstić information content (AvgIpc) is 3.58. The van der Waals surface area contributed by atoms with Crippen molar-refractivity contribution in [3.05, 3.63) is 63.7 Å². The summed E-state index contributed by atoms with van der Waals surface area (Å²) in [6.07, 6.45) is -0.0857. The summed E-state index contributed by atoms with van der Waals surface area (Å²) < 4.78 is 45.7. The van der Waals surface area contributed by atoms with Crippen molar-refractivity contribution in [1.82, 2.24) is 10.2 Å². The van der Waals surface area contributed by atoms with Crippen molar-refractivity contribution in [2.24, 2.45) is 17.3 Å². The number of halogens is 4. The lowest BCUT2D eigenvalue weighted by atomic mass is 9.76. The SMILES string of the molecule is COc1ccc(C(=O)N[C@H]2CN(C(=O)C3CCC(C(=O)C4(C)CC4)CC3)C[C@@H]2c2ccc(Cl)cc2C)cc1C(F)(F)F. The predicted octanol–water partition coefficient (Wildman–Crippen LogP) is 6.58. The number of amides is 2. The minimum Gasteiger partial charge on any atom is -0.496 e. The number of hydrogen-bond acceptors (Lipinski definition) is 4. The van der Waals surface area contributed by atoms with Gasteiger partial charge in [0.2, 0.25) is 5.91 Å². The van der Waals surface area contributed by atoms with E-state index in [-0.39, 0.29) is 46.9 Å². The molecule has 10 heteroatoms. The number of ketones is 1. The average molecular weight is 605 g/mol.